The van der Waals surface area contributed by atoms with Crippen LogP contribution in [0.4, 0.5) is 0 Å². The maximum absolute atomic E-state index is 10.6. The summed E-state index contributed by atoms with van der Waals surface area (Å²) in [6.07, 6.45) is 0.868. The molecule has 0 aliphatic carbocycles. The van der Waals surface area contributed by atoms with E-state index < -0.39 is 5.60 Å². The molecule has 21 heavy (non-hydrogen) atoms. The molecule has 5 heteroatoms. The lowest BCUT2D eigenvalue weighted by Crippen LogP contribution is -2.38. The van der Waals surface area contributed by atoms with Gasteiger partial charge in [0.25, 0.3) is 0 Å². The minimum Gasteiger partial charge on any atom is -0.492 e. The van der Waals surface area contributed by atoms with Gasteiger partial charge in [-0.25, -0.2) is 0 Å². The first-order valence-corrected chi connectivity index (χ1v) is 8.29. The Balaban J connectivity index is 1.74. The molecular formula is C16H18ClNO2S. The molecule has 0 saturated carbocycles. The molecule has 2 unspecified atom stereocenters. The monoisotopic (exact) mass is 323 g/mol. The quantitative estimate of drug-likeness (QED) is 0.901. The summed E-state index contributed by atoms with van der Waals surface area (Å²) in [6.45, 7) is 2.95. The highest BCUT2D eigenvalue weighted by Gasteiger charge is 2.28. The first-order valence-electron chi connectivity index (χ1n) is 6.97. The topological polar surface area (TPSA) is 41.5 Å². The van der Waals surface area contributed by atoms with Crippen molar-refractivity contribution in [2.75, 3.05) is 13.2 Å². The van der Waals surface area contributed by atoms with Crippen LogP contribution in [0.5, 0.6) is 5.75 Å². The molecule has 0 fully saturated rings. The van der Waals surface area contributed by atoms with Crippen molar-refractivity contribution in [3.8, 4) is 5.75 Å². The van der Waals surface area contributed by atoms with Gasteiger partial charge in [-0.3, -0.25) is 0 Å². The molecule has 2 heterocycles. The van der Waals surface area contributed by atoms with Crippen molar-refractivity contribution in [3.05, 3.63) is 51.2 Å². The number of rotatable bonds is 4. The van der Waals surface area contributed by atoms with E-state index in [0.29, 0.717) is 18.2 Å². The van der Waals surface area contributed by atoms with Gasteiger partial charge in [0.05, 0.1) is 11.6 Å². The van der Waals surface area contributed by atoms with E-state index in [9.17, 15) is 5.11 Å². The Kier molecular flexibility index (Phi) is 4.22. The zero-order chi connectivity index (χ0) is 14.9. The molecule has 0 bridgehead atoms. The fourth-order valence-corrected chi connectivity index (χ4v) is 3.61. The molecule has 2 aromatic rings. The van der Waals surface area contributed by atoms with E-state index >= 15 is 0 Å². The zero-order valence-corrected chi connectivity index (χ0v) is 13.4. The number of ether oxygens (including phenoxy) is 1. The second-order valence-corrected chi connectivity index (χ2v) is 6.70. The maximum atomic E-state index is 10.6. The predicted molar refractivity (Wildman–Crippen MR) is 86.2 cm³/mol. The Morgan fingerprint density at radius 3 is 3.10 bits per heavy atom. The van der Waals surface area contributed by atoms with Crippen LogP contribution in [0.2, 0.25) is 5.02 Å². The van der Waals surface area contributed by atoms with Crippen LogP contribution in [0, 0.1) is 0 Å². The van der Waals surface area contributed by atoms with Gasteiger partial charge in [0, 0.05) is 24.6 Å². The van der Waals surface area contributed by atoms with Crippen LogP contribution in [0.25, 0.3) is 0 Å². The maximum Gasteiger partial charge on any atom is 0.142 e. The third kappa shape index (κ3) is 3.09. The van der Waals surface area contributed by atoms with Crippen molar-refractivity contribution < 1.29 is 9.84 Å². The third-order valence-corrected chi connectivity index (χ3v) is 4.84. The Morgan fingerprint density at radius 2 is 2.33 bits per heavy atom. The summed E-state index contributed by atoms with van der Waals surface area (Å²) >= 11 is 7.77. The van der Waals surface area contributed by atoms with E-state index in [0.717, 1.165) is 23.3 Å². The molecule has 0 radical (unpaired) electrons. The molecule has 0 amide bonds. The Morgan fingerprint density at radius 1 is 1.48 bits per heavy atom. The van der Waals surface area contributed by atoms with Crippen molar-refractivity contribution >= 4 is 22.9 Å². The van der Waals surface area contributed by atoms with E-state index in [2.05, 4.69) is 5.32 Å². The third-order valence-electron chi connectivity index (χ3n) is 3.86. The van der Waals surface area contributed by atoms with Crippen molar-refractivity contribution in [2.24, 2.45) is 0 Å². The molecule has 3 rings (SSSR count). The second-order valence-electron chi connectivity index (χ2n) is 5.51. The number of nitrogens with one attached hydrogen (secondary N) is 1. The lowest BCUT2D eigenvalue weighted by atomic mass is 9.96. The molecule has 2 atom stereocenters. The van der Waals surface area contributed by atoms with Crippen molar-refractivity contribution in [2.45, 2.75) is 25.0 Å². The van der Waals surface area contributed by atoms with Crippen LogP contribution in [-0.4, -0.2) is 18.3 Å². The number of halogens is 1. The summed E-state index contributed by atoms with van der Waals surface area (Å²) in [6, 6.07) is 7.90. The van der Waals surface area contributed by atoms with Gasteiger partial charge in [0.15, 0.2) is 0 Å². The molecular weight excluding hydrogens is 306 g/mol. The fraction of sp³-hybridized carbons (Fsp3) is 0.375. The number of aliphatic hydroxyl groups is 1. The molecule has 112 valence electrons. The Hall–Kier alpha value is -1.07. The standard InChI is InChI=1S/C16H18ClNO2S/c1-16(19,11-6-8-21-9-11)10-18-14-5-7-20-15-12(14)3-2-4-13(15)17/h2-4,6,8-9,14,18-19H,5,7,10H2,1H3. The highest BCUT2D eigenvalue weighted by molar-refractivity contribution is 7.08. The van der Waals surface area contributed by atoms with Gasteiger partial charge in [0.2, 0.25) is 0 Å². The van der Waals surface area contributed by atoms with E-state index in [1.165, 1.54) is 0 Å². The van der Waals surface area contributed by atoms with E-state index in [1.54, 1.807) is 11.3 Å². The van der Waals surface area contributed by atoms with Crippen molar-refractivity contribution in [1.82, 2.24) is 5.32 Å². The van der Waals surface area contributed by atoms with Gasteiger partial charge in [-0.2, -0.15) is 11.3 Å². The lowest BCUT2D eigenvalue weighted by Gasteiger charge is -2.31. The smallest absolute Gasteiger partial charge is 0.142 e. The highest BCUT2D eigenvalue weighted by Crippen LogP contribution is 2.37. The number of hydrogen-bond acceptors (Lipinski definition) is 4. The number of hydrogen-bond donors (Lipinski definition) is 2. The highest BCUT2D eigenvalue weighted by atomic mass is 35.5. The van der Waals surface area contributed by atoms with Gasteiger partial charge >= 0.3 is 0 Å². The van der Waals surface area contributed by atoms with Crippen LogP contribution >= 0.6 is 22.9 Å². The second kappa shape index (κ2) is 5.97. The lowest BCUT2D eigenvalue weighted by molar-refractivity contribution is 0.0522. The van der Waals surface area contributed by atoms with Gasteiger partial charge in [-0.15, -0.1) is 0 Å². The van der Waals surface area contributed by atoms with Gasteiger partial charge < -0.3 is 15.2 Å². The first kappa shape index (κ1) is 14.9. The summed E-state index contributed by atoms with van der Waals surface area (Å²) in [5, 5.41) is 18.6. The molecule has 2 N–H and O–H groups in total. The average molecular weight is 324 g/mol. The summed E-state index contributed by atoms with van der Waals surface area (Å²) in [4.78, 5) is 0. The average Bonchev–Trinajstić information content (AvgIpc) is 3.01. The molecule has 3 nitrogen and oxygen atoms in total. The van der Waals surface area contributed by atoms with Crippen LogP contribution < -0.4 is 10.1 Å². The van der Waals surface area contributed by atoms with Gasteiger partial charge in [0.1, 0.15) is 11.4 Å². The largest absolute Gasteiger partial charge is 0.492 e. The van der Waals surface area contributed by atoms with Crippen molar-refractivity contribution in [3.63, 3.8) is 0 Å². The number of fused-ring (bicyclic) bond motifs is 1. The number of thiophene rings is 1. The molecule has 1 aromatic heterocycles. The summed E-state index contributed by atoms with van der Waals surface area (Å²) in [7, 11) is 0. The summed E-state index contributed by atoms with van der Waals surface area (Å²) < 4.78 is 5.66. The SMILES string of the molecule is CC(O)(CNC1CCOc2c(Cl)cccc21)c1ccsc1. The van der Waals surface area contributed by atoms with E-state index in [-0.39, 0.29) is 6.04 Å². The van der Waals surface area contributed by atoms with E-state index in [1.807, 2.05) is 41.9 Å². The van der Waals surface area contributed by atoms with Crippen LogP contribution in [-0.2, 0) is 5.60 Å². The first-order chi connectivity index (χ1) is 10.1. The van der Waals surface area contributed by atoms with E-state index in [4.69, 9.17) is 16.3 Å². The van der Waals surface area contributed by atoms with Crippen molar-refractivity contribution in [1.29, 1.82) is 0 Å². The molecule has 1 aliphatic heterocycles. The van der Waals surface area contributed by atoms with Crippen LogP contribution in [0.3, 0.4) is 0 Å². The van der Waals surface area contributed by atoms with Crippen LogP contribution in [0.1, 0.15) is 30.5 Å². The summed E-state index contributed by atoms with van der Waals surface area (Å²) in [5.74, 6) is 0.762. The van der Waals surface area contributed by atoms with Crippen LogP contribution in [0.15, 0.2) is 35.0 Å². The molecule has 0 spiro atoms. The van der Waals surface area contributed by atoms with Gasteiger partial charge in [-0.05, 0) is 35.4 Å². The Labute approximate surface area is 133 Å². The number of benzene rings is 1. The zero-order valence-electron chi connectivity index (χ0n) is 11.8. The predicted octanol–water partition coefficient (Wildman–Crippen LogP) is 3.72. The Bertz CT molecular complexity index is 613. The molecule has 1 aromatic carbocycles. The number of para-hydroxylation sites is 1. The molecule has 1 aliphatic rings. The van der Waals surface area contributed by atoms with Gasteiger partial charge in [-0.1, -0.05) is 23.7 Å². The fourth-order valence-electron chi connectivity index (χ4n) is 2.59. The summed E-state index contributed by atoms with van der Waals surface area (Å²) in [5.41, 5.74) is 1.13. The molecule has 0 saturated heterocycles. The normalized spacial score (nSPS) is 20.4. The minimum atomic E-state index is -0.878. The minimum absolute atomic E-state index is 0.151.